The maximum absolute atomic E-state index is 11.7. The van der Waals surface area contributed by atoms with Gasteiger partial charge in [-0.25, -0.2) is 4.79 Å². The molecular formula is C12H16N4O2. The van der Waals surface area contributed by atoms with Crippen LogP contribution >= 0.6 is 0 Å². The lowest BCUT2D eigenvalue weighted by atomic mass is 10.1. The predicted molar refractivity (Wildman–Crippen MR) is 67.8 cm³/mol. The monoisotopic (exact) mass is 248 g/mol. The number of rotatable bonds is 3. The highest BCUT2D eigenvalue weighted by Gasteiger charge is 2.25. The van der Waals surface area contributed by atoms with Crippen molar-refractivity contribution in [3.05, 3.63) is 29.3 Å². The van der Waals surface area contributed by atoms with Gasteiger partial charge in [0.15, 0.2) is 0 Å². The number of hydrogen-bond acceptors (Lipinski definition) is 3. The molecule has 1 aromatic rings. The number of likely N-dealkylation sites (N-methyl/N-ethyl adjacent to an activating group) is 1. The first-order valence-corrected chi connectivity index (χ1v) is 5.67. The highest BCUT2D eigenvalue weighted by atomic mass is 16.2. The summed E-state index contributed by atoms with van der Waals surface area (Å²) in [6.45, 7) is 1.86. The topological polar surface area (TPSA) is 92.7 Å². The van der Waals surface area contributed by atoms with E-state index in [2.05, 4.69) is 0 Å². The van der Waals surface area contributed by atoms with Gasteiger partial charge in [-0.2, -0.15) is 0 Å². The van der Waals surface area contributed by atoms with Crippen molar-refractivity contribution >= 4 is 17.6 Å². The maximum atomic E-state index is 11.7. The number of nitrogens with two attached hydrogens (primary N) is 2. The summed E-state index contributed by atoms with van der Waals surface area (Å²) >= 11 is 0. The zero-order chi connectivity index (χ0) is 13.3. The average Bonchev–Trinajstić information content (AvgIpc) is 2.63. The van der Waals surface area contributed by atoms with Gasteiger partial charge in [-0.1, -0.05) is 6.07 Å². The smallest absolute Gasteiger partial charge is 0.320 e. The number of nitrogens with zero attached hydrogens (tertiary/aromatic N) is 2. The van der Waals surface area contributed by atoms with Crippen LogP contribution < -0.4 is 11.5 Å². The Labute approximate surface area is 105 Å². The van der Waals surface area contributed by atoms with Gasteiger partial charge in [-0.15, -0.1) is 0 Å². The van der Waals surface area contributed by atoms with Crippen LogP contribution in [0.3, 0.4) is 0 Å². The summed E-state index contributed by atoms with van der Waals surface area (Å²) in [5.74, 6) is -0.509. The van der Waals surface area contributed by atoms with Crippen LogP contribution in [-0.4, -0.2) is 41.9 Å². The van der Waals surface area contributed by atoms with Gasteiger partial charge >= 0.3 is 6.03 Å². The molecule has 0 atom stereocenters. The fraction of sp³-hybridized carbons (Fsp3) is 0.333. The largest absolute Gasteiger partial charge is 0.398 e. The Morgan fingerprint density at radius 1 is 1.39 bits per heavy atom. The molecule has 1 fully saturated rings. The van der Waals surface area contributed by atoms with Crippen LogP contribution in [0.4, 0.5) is 10.5 Å². The first-order valence-electron chi connectivity index (χ1n) is 5.67. The van der Waals surface area contributed by atoms with Gasteiger partial charge in [0.25, 0.3) is 0 Å². The van der Waals surface area contributed by atoms with Gasteiger partial charge in [0, 0.05) is 37.9 Å². The number of nitrogen functional groups attached to an aromatic ring is 1. The molecule has 96 valence electrons. The van der Waals surface area contributed by atoms with E-state index < -0.39 is 5.91 Å². The molecule has 1 saturated heterocycles. The third-order valence-electron chi connectivity index (χ3n) is 3.09. The quantitative estimate of drug-likeness (QED) is 0.750. The number of benzene rings is 1. The molecule has 1 aromatic carbocycles. The lowest BCUT2D eigenvalue weighted by Crippen LogP contribution is -2.29. The first-order chi connectivity index (χ1) is 8.49. The van der Waals surface area contributed by atoms with Gasteiger partial charge < -0.3 is 21.3 Å². The third-order valence-corrected chi connectivity index (χ3v) is 3.09. The van der Waals surface area contributed by atoms with Crippen LogP contribution in [0.2, 0.25) is 0 Å². The Balaban J connectivity index is 2.15. The second kappa shape index (κ2) is 4.56. The Hall–Kier alpha value is -2.24. The molecule has 18 heavy (non-hydrogen) atoms. The zero-order valence-electron chi connectivity index (χ0n) is 10.2. The summed E-state index contributed by atoms with van der Waals surface area (Å²) in [5, 5.41) is 0. The Kier molecular flexibility index (Phi) is 3.10. The molecule has 0 aliphatic carbocycles. The van der Waals surface area contributed by atoms with Crippen LogP contribution in [0.25, 0.3) is 0 Å². The van der Waals surface area contributed by atoms with E-state index >= 15 is 0 Å². The molecule has 0 spiro atoms. The van der Waals surface area contributed by atoms with Gasteiger partial charge in [-0.05, 0) is 17.7 Å². The number of carbonyl (C=O) groups is 2. The second-order valence-electron chi connectivity index (χ2n) is 4.40. The van der Waals surface area contributed by atoms with E-state index in [0.717, 1.165) is 12.1 Å². The van der Waals surface area contributed by atoms with E-state index in [9.17, 15) is 9.59 Å². The number of primary amides is 1. The third kappa shape index (κ3) is 2.22. The van der Waals surface area contributed by atoms with Crippen molar-refractivity contribution in [2.24, 2.45) is 5.73 Å². The zero-order valence-corrected chi connectivity index (χ0v) is 10.2. The van der Waals surface area contributed by atoms with E-state index in [1.54, 1.807) is 35.0 Å². The van der Waals surface area contributed by atoms with E-state index in [4.69, 9.17) is 11.5 Å². The van der Waals surface area contributed by atoms with Crippen molar-refractivity contribution in [2.75, 3.05) is 25.9 Å². The lowest BCUT2D eigenvalue weighted by molar-refractivity contribution is 0.1000. The Morgan fingerprint density at radius 3 is 2.61 bits per heavy atom. The Morgan fingerprint density at radius 2 is 2.11 bits per heavy atom. The molecule has 0 aromatic heterocycles. The fourth-order valence-electron chi connectivity index (χ4n) is 1.95. The van der Waals surface area contributed by atoms with Crippen LogP contribution in [0.1, 0.15) is 15.9 Å². The van der Waals surface area contributed by atoms with Gasteiger partial charge in [-0.3, -0.25) is 4.79 Å². The summed E-state index contributed by atoms with van der Waals surface area (Å²) < 4.78 is 0. The molecule has 0 radical (unpaired) electrons. The Bertz CT molecular complexity index is 501. The number of hydrogen-bond donors (Lipinski definition) is 2. The molecule has 1 aliphatic heterocycles. The number of urea groups is 1. The highest BCUT2D eigenvalue weighted by molar-refractivity contribution is 5.93. The lowest BCUT2D eigenvalue weighted by Gasteiger charge is -2.17. The number of anilines is 1. The normalized spacial score (nSPS) is 15.3. The highest BCUT2D eigenvalue weighted by Crippen LogP contribution is 2.18. The summed E-state index contributed by atoms with van der Waals surface area (Å²) in [6.07, 6.45) is 0. The van der Waals surface area contributed by atoms with Gasteiger partial charge in [0.2, 0.25) is 5.91 Å². The van der Waals surface area contributed by atoms with Crippen LogP contribution in [0.15, 0.2) is 18.2 Å². The minimum Gasteiger partial charge on any atom is -0.398 e. The summed E-state index contributed by atoms with van der Waals surface area (Å²) in [6, 6.07) is 4.90. The molecular weight excluding hydrogens is 232 g/mol. The second-order valence-corrected chi connectivity index (χ2v) is 4.40. The standard InChI is InChI=1S/C12H16N4O2/c1-15-4-5-16(12(15)18)7-9-3-2-8(11(14)17)6-10(9)13/h2-3,6H,4-5,7,13H2,1H3,(H2,14,17). The van der Waals surface area contributed by atoms with Crippen molar-refractivity contribution in [1.82, 2.24) is 9.80 Å². The predicted octanol–water partition coefficient (Wildman–Crippen LogP) is 0.235. The molecule has 1 aliphatic rings. The summed E-state index contributed by atoms with van der Waals surface area (Å²) in [5.41, 5.74) is 12.7. The van der Waals surface area contributed by atoms with Crippen LogP contribution in [0, 0.1) is 0 Å². The molecule has 0 saturated carbocycles. The van der Waals surface area contributed by atoms with Crippen molar-refractivity contribution < 1.29 is 9.59 Å². The van der Waals surface area contributed by atoms with E-state index in [1.165, 1.54) is 0 Å². The van der Waals surface area contributed by atoms with Crippen molar-refractivity contribution in [3.8, 4) is 0 Å². The molecule has 1 heterocycles. The van der Waals surface area contributed by atoms with Crippen LogP contribution in [-0.2, 0) is 6.54 Å². The number of carbonyl (C=O) groups excluding carboxylic acids is 2. The summed E-state index contributed by atoms with van der Waals surface area (Å²) in [7, 11) is 1.77. The SMILES string of the molecule is CN1CCN(Cc2ccc(C(N)=O)cc2N)C1=O. The molecule has 6 heteroatoms. The molecule has 2 rings (SSSR count). The van der Waals surface area contributed by atoms with Crippen molar-refractivity contribution in [1.29, 1.82) is 0 Å². The van der Waals surface area contributed by atoms with E-state index in [1.807, 2.05) is 0 Å². The van der Waals surface area contributed by atoms with Crippen LogP contribution in [0.5, 0.6) is 0 Å². The average molecular weight is 248 g/mol. The van der Waals surface area contributed by atoms with Crippen molar-refractivity contribution in [3.63, 3.8) is 0 Å². The van der Waals surface area contributed by atoms with E-state index in [-0.39, 0.29) is 6.03 Å². The van der Waals surface area contributed by atoms with Gasteiger partial charge in [0.05, 0.1) is 0 Å². The number of amides is 3. The van der Waals surface area contributed by atoms with Gasteiger partial charge in [0.1, 0.15) is 0 Å². The minimum absolute atomic E-state index is 0.00613. The summed E-state index contributed by atoms with van der Waals surface area (Å²) in [4.78, 5) is 26.1. The fourth-order valence-corrected chi connectivity index (χ4v) is 1.95. The van der Waals surface area contributed by atoms with E-state index in [0.29, 0.717) is 24.3 Å². The molecule has 0 unspecified atom stereocenters. The first kappa shape index (κ1) is 12.2. The molecule has 4 N–H and O–H groups in total. The minimum atomic E-state index is -0.509. The van der Waals surface area contributed by atoms with Crippen molar-refractivity contribution in [2.45, 2.75) is 6.54 Å². The molecule has 6 nitrogen and oxygen atoms in total. The maximum Gasteiger partial charge on any atom is 0.320 e. The molecule has 3 amide bonds. The molecule has 0 bridgehead atoms.